The molecular weight excluding hydrogens is 397 g/mol. The van der Waals surface area contributed by atoms with Gasteiger partial charge in [-0.2, -0.15) is 12.6 Å². The van der Waals surface area contributed by atoms with E-state index in [1.165, 1.54) is 18.5 Å². The van der Waals surface area contributed by atoms with Crippen molar-refractivity contribution < 1.29 is 19.4 Å². The summed E-state index contributed by atoms with van der Waals surface area (Å²) in [6.07, 6.45) is 3.17. The standard InChI is InChI=1S/C15H13FN4O.C3H7NO2.CH4S/c1-8-4-10(17)6-12-14(8)15(19-7-18-12)20-11-3-2-9(16)5-13(11)21;4-3(6)1-2-5;1-2/h2-7,21H,17H2,1H3,(H,18,19,20);5H,1-2H2,(H2,4,6);2H,1H3. The zero-order valence-corrected chi connectivity index (χ0v) is 16.9. The molecule has 0 fully saturated rings. The lowest BCUT2D eigenvalue weighted by atomic mass is 10.1. The summed E-state index contributed by atoms with van der Waals surface area (Å²) in [7, 11) is 0. The molecule has 29 heavy (non-hydrogen) atoms. The molecule has 3 rings (SSSR count). The Labute approximate surface area is 173 Å². The fourth-order valence-corrected chi connectivity index (χ4v) is 2.36. The number of aliphatic hydroxyl groups is 1. The molecule has 0 unspecified atom stereocenters. The van der Waals surface area contributed by atoms with Crippen LogP contribution in [0.15, 0.2) is 36.7 Å². The van der Waals surface area contributed by atoms with E-state index in [9.17, 15) is 14.3 Å². The number of aromatic nitrogens is 2. The molecule has 3 aromatic rings. The van der Waals surface area contributed by atoms with Gasteiger partial charge in [-0.3, -0.25) is 4.79 Å². The van der Waals surface area contributed by atoms with E-state index in [1.807, 2.05) is 13.0 Å². The molecular formula is C19H24FN5O3S. The molecule has 0 spiro atoms. The second-order valence-electron chi connectivity index (χ2n) is 5.68. The van der Waals surface area contributed by atoms with Gasteiger partial charge in [0.25, 0.3) is 0 Å². The number of amides is 1. The average Bonchev–Trinajstić information content (AvgIpc) is 2.65. The van der Waals surface area contributed by atoms with E-state index in [1.54, 1.807) is 12.3 Å². The first-order valence-electron chi connectivity index (χ1n) is 8.42. The Morgan fingerprint density at radius 1 is 1.24 bits per heavy atom. The van der Waals surface area contributed by atoms with Gasteiger partial charge in [0.2, 0.25) is 5.91 Å². The number of nitrogens with zero attached hydrogens (tertiary/aromatic N) is 2. The number of aliphatic hydroxyl groups excluding tert-OH is 1. The molecule has 0 aliphatic heterocycles. The van der Waals surface area contributed by atoms with Gasteiger partial charge in [-0.1, -0.05) is 0 Å². The number of hydrogen-bond acceptors (Lipinski definition) is 8. The van der Waals surface area contributed by atoms with Crippen LogP contribution in [0.3, 0.4) is 0 Å². The van der Waals surface area contributed by atoms with Crippen LogP contribution < -0.4 is 16.8 Å². The van der Waals surface area contributed by atoms with Crippen molar-refractivity contribution >= 4 is 46.6 Å². The third-order valence-corrected chi connectivity index (χ3v) is 3.53. The molecule has 0 aliphatic carbocycles. The van der Waals surface area contributed by atoms with Crippen molar-refractivity contribution in [2.24, 2.45) is 5.73 Å². The lowest BCUT2D eigenvalue weighted by molar-refractivity contribution is -0.118. The van der Waals surface area contributed by atoms with Crippen LogP contribution in [-0.2, 0) is 4.79 Å². The summed E-state index contributed by atoms with van der Waals surface area (Å²) in [6.45, 7) is 1.76. The Hall–Kier alpha value is -3.11. The van der Waals surface area contributed by atoms with Gasteiger partial charge in [0.05, 0.1) is 17.8 Å². The van der Waals surface area contributed by atoms with Crippen molar-refractivity contribution in [1.29, 1.82) is 0 Å². The minimum absolute atomic E-state index is 0.0694. The van der Waals surface area contributed by atoms with Crippen molar-refractivity contribution in [3.05, 3.63) is 48.0 Å². The number of benzene rings is 2. The number of rotatable bonds is 4. The number of primary amides is 1. The van der Waals surface area contributed by atoms with Gasteiger partial charge in [-0.15, -0.1) is 0 Å². The van der Waals surface area contributed by atoms with Gasteiger partial charge in [0.15, 0.2) is 0 Å². The molecule has 0 aliphatic rings. The second kappa shape index (κ2) is 11.7. The fraction of sp³-hybridized carbons (Fsp3) is 0.211. The van der Waals surface area contributed by atoms with E-state index in [2.05, 4.69) is 33.6 Å². The molecule has 0 atom stereocenters. The molecule has 156 valence electrons. The fourth-order valence-electron chi connectivity index (χ4n) is 2.36. The first-order chi connectivity index (χ1) is 13.8. The highest BCUT2D eigenvalue weighted by molar-refractivity contribution is 7.79. The van der Waals surface area contributed by atoms with Crippen LogP contribution in [0, 0.1) is 12.7 Å². The Balaban J connectivity index is 0.000000454. The number of halogens is 1. The third kappa shape index (κ3) is 7.09. The molecule has 0 bridgehead atoms. The van der Waals surface area contributed by atoms with E-state index >= 15 is 0 Å². The van der Waals surface area contributed by atoms with E-state index in [-0.39, 0.29) is 18.8 Å². The number of carbonyl (C=O) groups excluding carboxylic acids is 1. The minimum Gasteiger partial charge on any atom is -0.506 e. The number of anilines is 3. The van der Waals surface area contributed by atoms with Crippen LogP contribution >= 0.6 is 12.6 Å². The summed E-state index contributed by atoms with van der Waals surface area (Å²) in [5, 5.41) is 21.5. The molecule has 2 aromatic carbocycles. The summed E-state index contributed by atoms with van der Waals surface area (Å²) in [4.78, 5) is 18.0. The molecule has 0 radical (unpaired) electrons. The number of thiol groups is 1. The van der Waals surface area contributed by atoms with Crippen LogP contribution in [0.5, 0.6) is 5.75 Å². The number of phenolic OH excluding ortho intramolecular Hbond substituents is 1. The number of aromatic hydroxyl groups is 1. The zero-order chi connectivity index (χ0) is 22.0. The SMILES string of the molecule is CS.Cc1cc(N)cc2ncnc(Nc3ccc(F)cc3O)c12.NC(=O)CCO. The molecule has 1 heterocycles. The van der Waals surface area contributed by atoms with Crippen molar-refractivity contribution in [3.8, 4) is 5.75 Å². The van der Waals surface area contributed by atoms with Crippen LogP contribution in [-0.4, -0.2) is 39.0 Å². The van der Waals surface area contributed by atoms with Gasteiger partial charge in [0, 0.05) is 23.6 Å². The third-order valence-electron chi connectivity index (χ3n) is 3.53. The number of nitrogens with two attached hydrogens (primary N) is 2. The lowest BCUT2D eigenvalue weighted by Crippen LogP contribution is -2.11. The van der Waals surface area contributed by atoms with Crippen LogP contribution in [0.25, 0.3) is 10.9 Å². The van der Waals surface area contributed by atoms with Gasteiger partial charge in [0.1, 0.15) is 23.7 Å². The summed E-state index contributed by atoms with van der Waals surface area (Å²) < 4.78 is 13.0. The van der Waals surface area contributed by atoms with E-state index in [0.29, 0.717) is 22.7 Å². The predicted octanol–water partition coefficient (Wildman–Crippen LogP) is 2.51. The highest BCUT2D eigenvalue weighted by atomic mass is 32.1. The number of aryl methyl sites for hydroxylation is 1. The van der Waals surface area contributed by atoms with E-state index in [0.717, 1.165) is 17.0 Å². The zero-order valence-electron chi connectivity index (χ0n) is 16.1. The molecule has 10 heteroatoms. The topological polar surface area (TPSA) is 147 Å². The summed E-state index contributed by atoms with van der Waals surface area (Å²) in [6, 6.07) is 7.32. The van der Waals surface area contributed by atoms with Gasteiger partial charge in [-0.25, -0.2) is 14.4 Å². The predicted molar refractivity (Wildman–Crippen MR) is 116 cm³/mol. The molecule has 1 aromatic heterocycles. The molecule has 7 N–H and O–H groups in total. The Morgan fingerprint density at radius 2 is 1.93 bits per heavy atom. The average molecular weight is 421 g/mol. The number of fused-ring (bicyclic) bond motifs is 1. The Bertz CT molecular complexity index is 972. The lowest BCUT2D eigenvalue weighted by Gasteiger charge is -2.12. The maximum Gasteiger partial charge on any atom is 0.219 e. The molecule has 0 saturated carbocycles. The minimum atomic E-state index is -0.505. The maximum atomic E-state index is 13.0. The summed E-state index contributed by atoms with van der Waals surface area (Å²) >= 11 is 3.53. The van der Waals surface area contributed by atoms with E-state index in [4.69, 9.17) is 10.8 Å². The number of nitrogens with one attached hydrogen (secondary N) is 1. The quantitative estimate of drug-likeness (QED) is 0.215. The van der Waals surface area contributed by atoms with Crippen molar-refractivity contribution in [1.82, 2.24) is 9.97 Å². The van der Waals surface area contributed by atoms with Gasteiger partial charge < -0.3 is 27.0 Å². The number of nitrogen functional groups attached to an aromatic ring is 1. The number of hydrogen-bond donors (Lipinski definition) is 6. The van der Waals surface area contributed by atoms with Gasteiger partial charge in [-0.05, 0) is 43.0 Å². The maximum absolute atomic E-state index is 13.0. The van der Waals surface area contributed by atoms with E-state index < -0.39 is 11.7 Å². The van der Waals surface area contributed by atoms with Crippen LogP contribution in [0.1, 0.15) is 12.0 Å². The van der Waals surface area contributed by atoms with Crippen molar-refractivity contribution in [2.75, 3.05) is 23.9 Å². The highest BCUT2D eigenvalue weighted by Crippen LogP contribution is 2.31. The smallest absolute Gasteiger partial charge is 0.219 e. The highest BCUT2D eigenvalue weighted by Gasteiger charge is 2.10. The number of carbonyl (C=O) groups is 1. The van der Waals surface area contributed by atoms with Crippen LogP contribution in [0.4, 0.5) is 21.6 Å². The molecule has 0 saturated heterocycles. The Kier molecular flexibility index (Phi) is 9.63. The first-order valence-corrected chi connectivity index (χ1v) is 9.31. The largest absolute Gasteiger partial charge is 0.506 e. The monoisotopic (exact) mass is 421 g/mol. The summed E-state index contributed by atoms with van der Waals surface area (Å²) in [5.41, 5.74) is 13.0. The molecule has 8 nitrogen and oxygen atoms in total. The second-order valence-corrected chi connectivity index (χ2v) is 5.68. The van der Waals surface area contributed by atoms with Crippen molar-refractivity contribution in [2.45, 2.75) is 13.3 Å². The Morgan fingerprint density at radius 3 is 2.48 bits per heavy atom. The first kappa shape index (κ1) is 23.9. The van der Waals surface area contributed by atoms with Crippen molar-refractivity contribution in [3.63, 3.8) is 0 Å². The number of phenols is 1. The molecule has 1 amide bonds. The van der Waals surface area contributed by atoms with Gasteiger partial charge >= 0.3 is 0 Å². The normalized spacial score (nSPS) is 9.69. The summed E-state index contributed by atoms with van der Waals surface area (Å²) in [5.74, 6) is -0.624. The van der Waals surface area contributed by atoms with Crippen LogP contribution in [0.2, 0.25) is 0 Å².